The van der Waals surface area contributed by atoms with Crippen LogP contribution in [0.25, 0.3) is 0 Å². The van der Waals surface area contributed by atoms with Crippen LogP contribution in [0.15, 0.2) is 77.7 Å². The van der Waals surface area contributed by atoms with Gasteiger partial charge in [0.15, 0.2) is 0 Å². The maximum atomic E-state index is 12.9. The Balaban J connectivity index is 1.55. The number of rotatable bonds is 4. The molecule has 0 fully saturated rings. The zero-order chi connectivity index (χ0) is 20.4. The molecule has 0 aliphatic carbocycles. The number of aryl methyl sites for hydroxylation is 1. The van der Waals surface area contributed by atoms with Crippen molar-refractivity contribution in [2.45, 2.75) is 24.8 Å². The van der Waals surface area contributed by atoms with E-state index >= 15 is 0 Å². The standard InChI is InChI=1S/C23H22N2O3S/c1-17-6-5-7-19(14-17)23(26)24-21-11-10-18-12-13-25(16-20(18)15-21)29(27,28)22-8-3-2-4-9-22/h2-11,14-15H,12-13,16H2,1H3,(H,24,26). The average Bonchev–Trinajstić information content (AvgIpc) is 2.74. The zero-order valence-electron chi connectivity index (χ0n) is 16.1. The molecule has 0 aromatic heterocycles. The van der Waals surface area contributed by atoms with E-state index in [1.54, 1.807) is 36.4 Å². The third kappa shape index (κ3) is 4.09. The molecule has 4 rings (SSSR count). The van der Waals surface area contributed by atoms with Gasteiger partial charge in [0.05, 0.1) is 4.90 Å². The summed E-state index contributed by atoms with van der Waals surface area (Å²) in [4.78, 5) is 12.8. The van der Waals surface area contributed by atoms with Gasteiger partial charge in [0.1, 0.15) is 0 Å². The summed E-state index contributed by atoms with van der Waals surface area (Å²) in [5, 5.41) is 2.91. The minimum atomic E-state index is -3.54. The molecule has 0 saturated heterocycles. The molecule has 0 atom stereocenters. The summed E-state index contributed by atoms with van der Waals surface area (Å²) >= 11 is 0. The molecule has 1 aliphatic heterocycles. The second-order valence-corrected chi connectivity index (χ2v) is 9.15. The van der Waals surface area contributed by atoms with Crippen molar-refractivity contribution >= 4 is 21.6 Å². The average molecular weight is 407 g/mol. The molecule has 0 saturated carbocycles. The van der Waals surface area contributed by atoms with Crippen molar-refractivity contribution in [2.75, 3.05) is 11.9 Å². The van der Waals surface area contributed by atoms with Crippen molar-refractivity contribution < 1.29 is 13.2 Å². The molecule has 3 aromatic carbocycles. The minimum absolute atomic E-state index is 0.182. The number of nitrogens with one attached hydrogen (secondary N) is 1. The van der Waals surface area contributed by atoms with Crippen LogP contribution in [-0.4, -0.2) is 25.2 Å². The predicted molar refractivity (Wildman–Crippen MR) is 113 cm³/mol. The SMILES string of the molecule is Cc1cccc(C(=O)Nc2ccc3c(c2)CN(S(=O)(=O)c2ccccc2)CC3)c1. The molecule has 1 aliphatic rings. The first-order valence-electron chi connectivity index (χ1n) is 9.48. The fourth-order valence-electron chi connectivity index (χ4n) is 3.55. The number of sulfonamides is 1. The van der Waals surface area contributed by atoms with E-state index in [0.717, 1.165) is 16.7 Å². The highest BCUT2D eigenvalue weighted by atomic mass is 32.2. The number of hydrogen-bond acceptors (Lipinski definition) is 3. The first kappa shape index (κ1) is 19.4. The van der Waals surface area contributed by atoms with Gasteiger partial charge in [0.25, 0.3) is 5.91 Å². The second-order valence-electron chi connectivity index (χ2n) is 7.21. The molecule has 0 radical (unpaired) electrons. The van der Waals surface area contributed by atoms with Gasteiger partial charge in [-0.25, -0.2) is 8.42 Å². The Morgan fingerprint density at radius 3 is 2.48 bits per heavy atom. The molecule has 0 spiro atoms. The molecule has 6 heteroatoms. The van der Waals surface area contributed by atoms with E-state index in [0.29, 0.717) is 35.7 Å². The number of amides is 1. The fourth-order valence-corrected chi connectivity index (χ4v) is 4.99. The third-order valence-electron chi connectivity index (χ3n) is 5.10. The zero-order valence-corrected chi connectivity index (χ0v) is 16.9. The van der Waals surface area contributed by atoms with Crippen LogP contribution in [0.1, 0.15) is 27.0 Å². The van der Waals surface area contributed by atoms with Crippen molar-refractivity contribution in [2.24, 2.45) is 0 Å². The van der Waals surface area contributed by atoms with Crippen LogP contribution in [0, 0.1) is 6.92 Å². The van der Waals surface area contributed by atoms with Crippen LogP contribution in [0.4, 0.5) is 5.69 Å². The number of hydrogen-bond donors (Lipinski definition) is 1. The Morgan fingerprint density at radius 2 is 1.72 bits per heavy atom. The van der Waals surface area contributed by atoms with Crippen molar-refractivity contribution in [1.29, 1.82) is 0 Å². The van der Waals surface area contributed by atoms with Crippen LogP contribution in [0.5, 0.6) is 0 Å². The van der Waals surface area contributed by atoms with Crippen molar-refractivity contribution in [3.63, 3.8) is 0 Å². The van der Waals surface area contributed by atoms with Gasteiger partial charge in [-0.2, -0.15) is 4.31 Å². The van der Waals surface area contributed by atoms with Gasteiger partial charge in [-0.05, 0) is 60.9 Å². The predicted octanol–water partition coefficient (Wildman–Crippen LogP) is 3.99. The molecule has 1 heterocycles. The Labute approximate surface area is 171 Å². The number of carbonyl (C=O) groups is 1. The molecule has 5 nitrogen and oxygen atoms in total. The highest BCUT2D eigenvalue weighted by molar-refractivity contribution is 7.89. The Kier molecular flexibility index (Phi) is 5.22. The van der Waals surface area contributed by atoms with Gasteiger partial charge in [-0.15, -0.1) is 0 Å². The lowest BCUT2D eigenvalue weighted by Crippen LogP contribution is -2.36. The lowest BCUT2D eigenvalue weighted by molar-refractivity contribution is 0.102. The van der Waals surface area contributed by atoms with E-state index in [4.69, 9.17) is 0 Å². The number of carbonyl (C=O) groups excluding carboxylic acids is 1. The summed E-state index contributed by atoms with van der Waals surface area (Å²) in [5.41, 5.74) is 4.30. The molecule has 0 bridgehead atoms. The number of nitrogens with zero attached hydrogens (tertiary/aromatic N) is 1. The van der Waals surface area contributed by atoms with Gasteiger partial charge >= 0.3 is 0 Å². The van der Waals surface area contributed by atoms with Gasteiger partial charge in [-0.1, -0.05) is 42.0 Å². The highest BCUT2D eigenvalue weighted by Crippen LogP contribution is 2.27. The largest absolute Gasteiger partial charge is 0.322 e. The summed E-state index contributed by atoms with van der Waals surface area (Å²) in [5.74, 6) is -0.182. The summed E-state index contributed by atoms with van der Waals surface area (Å²) in [6.07, 6.45) is 0.646. The van der Waals surface area contributed by atoms with Crippen molar-refractivity contribution in [3.8, 4) is 0 Å². The van der Waals surface area contributed by atoms with Gasteiger partial charge in [-0.3, -0.25) is 4.79 Å². The molecular formula is C23H22N2O3S. The van der Waals surface area contributed by atoms with Crippen LogP contribution >= 0.6 is 0 Å². The van der Waals surface area contributed by atoms with E-state index in [1.807, 2.05) is 43.3 Å². The van der Waals surface area contributed by atoms with Gasteiger partial charge < -0.3 is 5.32 Å². The molecule has 148 valence electrons. The van der Waals surface area contributed by atoms with E-state index in [9.17, 15) is 13.2 Å². The first-order valence-corrected chi connectivity index (χ1v) is 10.9. The van der Waals surface area contributed by atoms with E-state index in [2.05, 4.69) is 5.32 Å². The quantitative estimate of drug-likeness (QED) is 0.712. The van der Waals surface area contributed by atoms with Crippen LogP contribution in [0.2, 0.25) is 0 Å². The Hall–Kier alpha value is -2.96. The molecule has 1 N–H and O–H groups in total. The second kappa shape index (κ2) is 7.81. The Bertz CT molecular complexity index is 1160. The smallest absolute Gasteiger partial charge is 0.255 e. The number of fused-ring (bicyclic) bond motifs is 1. The molecule has 29 heavy (non-hydrogen) atoms. The van der Waals surface area contributed by atoms with Crippen LogP contribution < -0.4 is 5.32 Å². The summed E-state index contributed by atoms with van der Waals surface area (Å²) in [7, 11) is -3.54. The summed E-state index contributed by atoms with van der Waals surface area (Å²) < 4.78 is 27.4. The van der Waals surface area contributed by atoms with E-state index in [-0.39, 0.29) is 5.91 Å². The minimum Gasteiger partial charge on any atom is -0.322 e. The first-order chi connectivity index (χ1) is 13.9. The molecule has 0 unspecified atom stereocenters. The maximum Gasteiger partial charge on any atom is 0.255 e. The van der Waals surface area contributed by atoms with Gasteiger partial charge in [0, 0.05) is 24.3 Å². The van der Waals surface area contributed by atoms with E-state index < -0.39 is 10.0 Å². The maximum absolute atomic E-state index is 12.9. The lowest BCUT2D eigenvalue weighted by atomic mass is 10.0. The fraction of sp³-hybridized carbons (Fsp3) is 0.174. The van der Waals surface area contributed by atoms with E-state index in [1.165, 1.54) is 4.31 Å². The highest BCUT2D eigenvalue weighted by Gasteiger charge is 2.28. The van der Waals surface area contributed by atoms with Crippen molar-refractivity contribution in [3.05, 3.63) is 95.1 Å². The van der Waals surface area contributed by atoms with Crippen LogP contribution in [0.3, 0.4) is 0 Å². The summed E-state index contributed by atoms with van der Waals surface area (Å²) in [6.45, 7) is 2.68. The summed E-state index contributed by atoms with van der Waals surface area (Å²) in [6, 6.07) is 21.6. The number of anilines is 1. The topological polar surface area (TPSA) is 66.5 Å². The molecule has 3 aromatic rings. The van der Waals surface area contributed by atoms with Crippen LogP contribution in [-0.2, 0) is 23.0 Å². The van der Waals surface area contributed by atoms with Crippen molar-refractivity contribution in [1.82, 2.24) is 4.31 Å². The normalized spacial score (nSPS) is 14.2. The lowest BCUT2D eigenvalue weighted by Gasteiger charge is -2.28. The molecular weight excluding hydrogens is 384 g/mol. The Morgan fingerprint density at radius 1 is 0.931 bits per heavy atom. The number of benzene rings is 3. The molecule has 1 amide bonds. The monoisotopic (exact) mass is 406 g/mol. The van der Waals surface area contributed by atoms with Gasteiger partial charge in [0.2, 0.25) is 10.0 Å². The third-order valence-corrected chi connectivity index (χ3v) is 6.96.